The van der Waals surface area contributed by atoms with Crippen molar-refractivity contribution in [3.8, 4) is 16.9 Å². The molecule has 1 atom stereocenters. The molecule has 0 saturated carbocycles. The molecule has 1 amide bonds. The second-order valence-corrected chi connectivity index (χ2v) is 10.5. The van der Waals surface area contributed by atoms with Gasteiger partial charge in [-0.3, -0.25) is 9.48 Å². The van der Waals surface area contributed by atoms with E-state index in [1.54, 1.807) is 10.9 Å². The van der Waals surface area contributed by atoms with Crippen LogP contribution in [0.1, 0.15) is 47.0 Å². The second-order valence-electron chi connectivity index (χ2n) is 10.5. The Balaban J connectivity index is 1.06. The monoisotopic (exact) mass is 549 g/mol. The number of amides is 1. The first-order valence-corrected chi connectivity index (χ1v) is 14.0. The summed E-state index contributed by atoms with van der Waals surface area (Å²) < 4.78 is 15.6. The Bertz CT molecular complexity index is 1740. The first kappa shape index (κ1) is 25.3. The molecule has 41 heavy (non-hydrogen) atoms. The molecule has 2 aliphatic heterocycles. The Hall–Kier alpha value is -4.70. The van der Waals surface area contributed by atoms with Crippen LogP contribution in [-0.4, -0.2) is 43.7 Å². The van der Waals surface area contributed by atoms with E-state index in [4.69, 9.17) is 14.5 Å². The molecule has 0 spiro atoms. The third-order valence-corrected chi connectivity index (χ3v) is 7.77. The minimum Gasteiger partial charge on any atom is -0.492 e. The molecule has 3 aromatic heterocycles. The van der Waals surface area contributed by atoms with Crippen LogP contribution in [0.15, 0.2) is 67.3 Å². The molecular formula is C31H31N7O3. The zero-order valence-electron chi connectivity index (χ0n) is 22.8. The normalized spacial score (nSPS) is 16.4. The molecule has 0 bridgehead atoms. The summed E-state index contributed by atoms with van der Waals surface area (Å²) in [7, 11) is 1.87. The van der Waals surface area contributed by atoms with Crippen molar-refractivity contribution < 1.29 is 14.3 Å². The lowest BCUT2D eigenvalue weighted by molar-refractivity contribution is -0.0394. The van der Waals surface area contributed by atoms with E-state index in [0.29, 0.717) is 18.7 Å². The number of carbonyl (C=O) groups excluding carboxylic acids is 1. The van der Waals surface area contributed by atoms with E-state index >= 15 is 0 Å². The van der Waals surface area contributed by atoms with Crippen LogP contribution in [0, 0.1) is 0 Å². The van der Waals surface area contributed by atoms with Gasteiger partial charge in [0.2, 0.25) is 0 Å². The van der Waals surface area contributed by atoms with Crippen LogP contribution in [0.25, 0.3) is 22.0 Å². The number of benzene rings is 2. The lowest BCUT2D eigenvalue weighted by atomic mass is 10.1. The van der Waals surface area contributed by atoms with Crippen LogP contribution in [0.5, 0.6) is 5.75 Å². The van der Waals surface area contributed by atoms with Gasteiger partial charge in [0.15, 0.2) is 0 Å². The number of nitrogens with one attached hydrogen (secondary N) is 2. The molecule has 0 radical (unpaired) electrons. The minimum atomic E-state index is -0.167. The molecule has 2 N–H and O–H groups in total. The van der Waals surface area contributed by atoms with E-state index in [9.17, 15) is 4.79 Å². The van der Waals surface area contributed by atoms with Gasteiger partial charge in [0.1, 0.15) is 17.8 Å². The predicted molar refractivity (Wildman–Crippen MR) is 156 cm³/mol. The van der Waals surface area contributed by atoms with Gasteiger partial charge < -0.3 is 20.1 Å². The van der Waals surface area contributed by atoms with Crippen LogP contribution in [0.2, 0.25) is 0 Å². The Morgan fingerprint density at radius 1 is 1.07 bits per heavy atom. The lowest BCUT2D eigenvalue weighted by Gasteiger charge is -2.22. The maximum Gasteiger partial charge on any atom is 0.256 e. The van der Waals surface area contributed by atoms with E-state index in [-0.39, 0.29) is 12.1 Å². The topological polar surface area (TPSA) is 108 Å². The lowest BCUT2D eigenvalue weighted by Crippen LogP contribution is -2.18. The summed E-state index contributed by atoms with van der Waals surface area (Å²) in [5.74, 6) is 1.50. The van der Waals surface area contributed by atoms with Crippen molar-refractivity contribution in [2.24, 2.45) is 7.05 Å². The SMILES string of the molecule is Cn1ncc2c(C(=O)Nc3cccc(CNc4ncc(-c5cnn(C6CCCCO6)c5)c5c4CCO5)c3)cccc21. The van der Waals surface area contributed by atoms with Crippen molar-refractivity contribution in [2.45, 2.75) is 38.5 Å². The molecule has 10 nitrogen and oxygen atoms in total. The smallest absolute Gasteiger partial charge is 0.256 e. The van der Waals surface area contributed by atoms with E-state index < -0.39 is 0 Å². The Labute approximate surface area is 237 Å². The number of rotatable bonds is 7. The van der Waals surface area contributed by atoms with Crippen LogP contribution in [-0.2, 0) is 24.8 Å². The van der Waals surface area contributed by atoms with E-state index in [0.717, 1.165) is 82.7 Å². The van der Waals surface area contributed by atoms with Gasteiger partial charge in [0.05, 0.1) is 30.1 Å². The van der Waals surface area contributed by atoms with Gasteiger partial charge in [0, 0.05) is 66.8 Å². The quantitative estimate of drug-likeness (QED) is 0.283. The third kappa shape index (κ3) is 4.91. The van der Waals surface area contributed by atoms with Gasteiger partial charge in [-0.2, -0.15) is 10.2 Å². The van der Waals surface area contributed by atoms with Gasteiger partial charge in [-0.05, 0) is 49.1 Å². The number of hydrogen-bond acceptors (Lipinski definition) is 7. The van der Waals surface area contributed by atoms with Gasteiger partial charge in [-0.15, -0.1) is 0 Å². The molecule has 5 heterocycles. The maximum atomic E-state index is 13.1. The summed E-state index contributed by atoms with van der Waals surface area (Å²) in [4.78, 5) is 17.9. The van der Waals surface area contributed by atoms with Crippen molar-refractivity contribution in [3.63, 3.8) is 0 Å². The van der Waals surface area contributed by atoms with Crippen molar-refractivity contribution in [3.05, 3.63) is 83.9 Å². The maximum absolute atomic E-state index is 13.1. The first-order chi connectivity index (χ1) is 20.1. The standard InChI is InChI=1S/C31H31N7O3/c1-37-27-9-5-8-23(26(27)18-34-37)31(39)36-22-7-4-6-20(14-22)15-32-30-24-11-13-41-29(24)25(17-33-30)21-16-35-38(19-21)28-10-2-3-12-40-28/h4-9,14,16-19,28H,2-3,10-13,15H2,1H3,(H,32,33)(H,36,39). The second kappa shape index (κ2) is 10.7. The summed E-state index contributed by atoms with van der Waals surface area (Å²) in [6.07, 6.45) is 11.5. The average Bonchev–Trinajstić information content (AvgIpc) is 3.77. The van der Waals surface area contributed by atoms with Crippen LogP contribution in [0.4, 0.5) is 11.5 Å². The number of pyridine rings is 1. The van der Waals surface area contributed by atoms with Gasteiger partial charge in [0.25, 0.3) is 5.91 Å². The molecular weight excluding hydrogens is 518 g/mol. The number of ether oxygens (including phenoxy) is 2. The first-order valence-electron chi connectivity index (χ1n) is 14.0. The highest BCUT2D eigenvalue weighted by atomic mass is 16.5. The average molecular weight is 550 g/mol. The zero-order valence-corrected chi connectivity index (χ0v) is 22.8. The van der Waals surface area contributed by atoms with Gasteiger partial charge in [-0.25, -0.2) is 9.67 Å². The van der Waals surface area contributed by atoms with Crippen LogP contribution < -0.4 is 15.4 Å². The number of anilines is 2. The summed E-state index contributed by atoms with van der Waals surface area (Å²) in [5.41, 5.74) is 6.24. The number of carbonyl (C=O) groups is 1. The molecule has 2 aliphatic rings. The number of fused-ring (bicyclic) bond motifs is 2. The van der Waals surface area contributed by atoms with Crippen molar-refractivity contribution in [1.82, 2.24) is 24.5 Å². The molecule has 1 unspecified atom stereocenters. The number of aryl methyl sites for hydroxylation is 1. The molecule has 1 saturated heterocycles. The van der Waals surface area contributed by atoms with Crippen LogP contribution in [0.3, 0.4) is 0 Å². The van der Waals surface area contributed by atoms with Crippen LogP contribution >= 0.6 is 0 Å². The van der Waals surface area contributed by atoms with E-state index in [2.05, 4.69) is 20.8 Å². The van der Waals surface area contributed by atoms with Crippen molar-refractivity contribution >= 4 is 28.3 Å². The fourth-order valence-corrected chi connectivity index (χ4v) is 5.63. The Morgan fingerprint density at radius 3 is 2.90 bits per heavy atom. The summed E-state index contributed by atoms with van der Waals surface area (Å²) in [6, 6.07) is 13.5. The third-order valence-electron chi connectivity index (χ3n) is 7.77. The van der Waals surface area contributed by atoms with Crippen molar-refractivity contribution in [1.29, 1.82) is 0 Å². The number of hydrogen-bond donors (Lipinski definition) is 2. The van der Waals surface area contributed by atoms with Gasteiger partial charge >= 0.3 is 0 Å². The summed E-state index contributed by atoms with van der Waals surface area (Å²) in [6.45, 7) is 1.95. The minimum absolute atomic E-state index is 0.00930. The Kier molecular flexibility index (Phi) is 6.60. The molecule has 7 rings (SSSR count). The largest absolute Gasteiger partial charge is 0.492 e. The molecule has 1 fully saturated rings. The van der Waals surface area contributed by atoms with E-state index in [1.807, 2.05) is 72.8 Å². The highest BCUT2D eigenvalue weighted by Gasteiger charge is 2.24. The highest BCUT2D eigenvalue weighted by Crippen LogP contribution is 2.40. The zero-order chi connectivity index (χ0) is 27.8. The highest BCUT2D eigenvalue weighted by molar-refractivity contribution is 6.12. The number of aromatic nitrogens is 5. The summed E-state index contributed by atoms with van der Waals surface area (Å²) in [5, 5.41) is 16.2. The fourth-order valence-electron chi connectivity index (χ4n) is 5.63. The fraction of sp³-hybridized carbons (Fsp3) is 0.290. The van der Waals surface area contributed by atoms with Gasteiger partial charge in [-0.1, -0.05) is 18.2 Å². The Morgan fingerprint density at radius 2 is 2.00 bits per heavy atom. The summed E-state index contributed by atoms with van der Waals surface area (Å²) >= 11 is 0. The molecule has 208 valence electrons. The van der Waals surface area contributed by atoms with Crippen molar-refractivity contribution in [2.75, 3.05) is 23.8 Å². The van der Waals surface area contributed by atoms with E-state index in [1.165, 1.54) is 0 Å². The molecule has 10 heteroatoms. The molecule has 5 aromatic rings. The molecule has 0 aliphatic carbocycles. The molecule has 2 aromatic carbocycles. The number of nitrogens with zero attached hydrogens (tertiary/aromatic N) is 5. The predicted octanol–water partition coefficient (Wildman–Crippen LogP) is 5.33.